The van der Waals surface area contributed by atoms with Crippen LogP contribution in [0.4, 0.5) is 0 Å². The predicted molar refractivity (Wildman–Crippen MR) is 69.5 cm³/mol. The highest BCUT2D eigenvalue weighted by Gasteiger charge is 2.02. The summed E-state index contributed by atoms with van der Waals surface area (Å²) < 4.78 is 0. The van der Waals surface area contributed by atoms with Crippen molar-refractivity contribution in [3.63, 3.8) is 0 Å². The summed E-state index contributed by atoms with van der Waals surface area (Å²) in [7, 11) is 0. The molecule has 0 aliphatic heterocycles. The molecule has 0 aliphatic carbocycles. The van der Waals surface area contributed by atoms with Crippen LogP contribution in [0.3, 0.4) is 0 Å². The van der Waals surface area contributed by atoms with Gasteiger partial charge in [0.1, 0.15) is 5.01 Å². The lowest BCUT2D eigenvalue weighted by Gasteiger charge is -1.97. The van der Waals surface area contributed by atoms with E-state index in [9.17, 15) is 0 Å². The molecule has 0 bridgehead atoms. The number of nitrogens with zero attached hydrogens (tertiary/aromatic N) is 1. The Labute approximate surface area is 100 Å². The Morgan fingerprint density at radius 3 is 2.81 bits per heavy atom. The van der Waals surface area contributed by atoms with E-state index in [0.717, 1.165) is 24.5 Å². The van der Waals surface area contributed by atoms with E-state index in [1.807, 2.05) is 12.3 Å². The fourth-order valence-electron chi connectivity index (χ4n) is 1.50. The van der Waals surface area contributed by atoms with Crippen molar-refractivity contribution in [3.8, 4) is 10.4 Å². The fourth-order valence-corrected chi connectivity index (χ4v) is 2.39. The first kappa shape index (κ1) is 11.3. The van der Waals surface area contributed by atoms with Gasteiger partial charge in [-0.15, -0.1) is 11.3 Å². The molecule has 0 atom stereocenters. The molecule has 1 heterocycles. The zero-order chi connectivity index (χ0) is 11.2. The van der Waals surface area contributed by atoms with Crippen LogP contribution in [0.1, 0.15) is 18.4 Å². The van der Waals surface area contributed by atoms with Gasteiger partial charge in [0.25, 0.3) is 0 Å². The highest BCUT2D eigenvalue weighted by molar-refractivity contribution is 7.15. The lowest BCUT2D eigenvalue weighted by Crippen LogP contribution is -2.13. The van der Waals surface area contributed by atoms with Gasteiger partial charge in [0.2, 0.25) is 0 Å². The molecule has 2 rings (SSSR count). The highest BCUT2D eigenvalue weighted by Crippen LogP contribution is 2.25. The van der Waals surface area contributed by atoms with E-state index in [-0.39, 0.29) is 0 Å². The third-order valence-electron chi connectivity index (χ3n) is 2.31. The SMILES string of the molecule is CCCNCc1ncc(-c2ccccc2)s1. The number of thiazole rings is 1. The monoisotopic (exact) mass is 232 g/mol. The standard InChI is InChI=1S/C13H16N2S/c1-2-8-14-10-13-15-9-12(16-13)11-6-4-3-5-7-11/h3-7,9,14H,2,8,10H2,1H3. The molecule has 0 saturated heterocycles. The summed E-state index contributed by atoms with van der Waals surface area (Å²) in [6.07, 6.45) is 3.12. The third-order valence-corrected chi connectivity index (χ3v) is 3.36. The molecule has 0 radical (unpaired) electrons. The van der Waals surface area contributed by atoms with Gasteiger partial charge in [-0.25, -0.2) is 4.98 Å². The first-order valence-electron chi connectivity index (χ1n) is 5.61. The van der Waals surface area contributed by atoms with Crippen LogP contribution >= 0.6 is 11.3 Å². The zero-order valence-electron chi connectivity index (χ0n) is 9.44. The van der Waals surface area contributed by atoms with E-state index in [0.29, 0.717) is 0 Å². The van der Waals surface area contributed by atoms with Crippen molar-refractivity contribution < 1.29 is 0 Å². The van der Waals surface area contributed by atoms with Gasteiger partial charge < -0.3 is 5.32 Å². The molecular formula is C13H16N2S. The second kappa shape index (κ2) is 5.77. The number of hydrogen-bond donors (Lipinski definition) is 1. The summed E-state index contributed by atoms with van der Waals surface area (Å²) in [6, 6.07) is 10.4. The van der Waals surface area contributed by atoms with Crippen molar-refractivity contribution >= 4 is 11.3 Å². The van der Waals surface area contributed by atoms with Crippen molar-refractivity contribution in [2.75, 3.05) is 6.54 Å². The van der Waals surface area contributed by atoms with Crippen molar-refractivity contribution in [1.82, 2.24) is 10.3 Å². The molecule has 16 heavy (non-hydrogen) atoms. The van der Waals surface area contributed by atoms with E-state index in [2.05, 4.69) is 41.5 Å². The van der Waals surface area contributed by atoms with Crippen LogP contribution in [0.2, 0.25) is 0 Å². The fraction of sp³-hybridized carbons (Fsp3) is 0.308. The van der Waals surface area contributed by atoms with Crippen LogP contribution in [-0.4, -0.2) is 11.5 Å². The van der Waals surface area contributed by atoms with E-state index < -0.39 is 0 Å². The van der Waals surface area contributed by atoms with Crippen molar-refractivity contribution in [2.24, 2.45) is 0 Å². The molecule has 0 unspecified atom stereocenters. The molecule has 1 aromatic heterocycles. The molecule has 0 saturated carbocycles. The average Bonchev–Trinajstić information content (AvgIpc) is 2.79. The summed E-state index contributed by atoms with van der Waals surface area (Å²) in [5.74, 6) is 0. The predicted octanol–water partition coefficient (Wildman–Crippen LogP) is 3.31. The zero-order valence-corrected chi connectivity index (χ0v) is 10.3. The maximum Gasteiger partial charge on any atom is 0.107 e. The summed E-state index contributed by atoms with van der Waals surface area (Å²) in [5, 5.41) is 4.52. The minimum absolute atomic E-state index is 0.880. The second-order valence-corrected chi connectivity index (χ2v) is 4.78. The molecule has 84 valence electrons. The van der Waals surface area contributed by atoms with Crippen LogP contribution in [-0.2, 0) is 6.54 Å². The summed E-state index contributed by atoms with van der Waals surface area (Å²) >= 11 is 1.76. The molecule has 2 aromatic rings. The first-order chi connectivity index (χ1) is 7.90. The van der Waals surface area contributed by atoms with Gasteiger partial charge in [0, 0.05) is 12.7 Å². The molecule has 1 aromatic carbocycles. The Kier molecular flexibility index (Phi) is 4.08. The summed E-state index contributed by atoms with van der Waals surface area (Å²) in [4.78, 5) is 5.66. The smallest absolute Gasteiger partial charge is 0.107 e. The van der Waals surface area contributed by atoms with E-state index in [1.54, 1.807) is 11.3 Å². The van der Waals surface area contributed by atoms with E-state index in [4.69, 9.17) is 0 Å². The first-order valence-corrected chi connectivity index (χ1v) is 6.42. The van der Waals surface area contributed by atoms with Crippen molar-refractivity contribution in [2.45, 2.75) is 19.9 Å². The Morgan fingerprint density at radius 1 is 1.25 bits per heavy atom. The van der Waals surface area contributed by atoms with Crippen LogP contribution in [0.25, 0.3) is 10.4 Å². The van der Waals surface area contributed by atoms with Crippen LogP contribution in [0.15, 0.2) is 36.5 Å². The van der Waals surface area contributed by atoms with E-state index >= 15 is 0 Å². The minimum atomic E-state index is 0.880. The molecule has 1 N–H and O–H groups in total. The van der Waals surface area contributed by atoms with Gasteiger partial charge in [0.05, 0.1) is 4.88 Å². The molecule has 2 nitrogen and oxygen atoms in total. The largest absolute Gasteiger partial charge is 0.310 e. The van der Waals surface area contributed by atoms with Crippen LogP contribution in [0, 0.1) is 0 Å². The van der Waals surface area contributed by atoms with Gasteiger partial charge in [-0.1, -0.05) is 37.3 Å². The average molecular weight is 232 g/mol. The summed E-state index contributed by atoms with van der Waals surface area (Å²) in [5.41, 5.74) is 1.25. The maximum atomic E-state index is 4.42. The number of aromatic nitrogens is 1. The number of benzene rings is 1. The molecule has 0 amide bonds. The molecular weight excluding hydrogens is 216 g/mol. The Bertz CT molecular complexity index is 423. The second-order valence-electron chi connectivity index (χ2n) is 3.66. The minimum Gasteiger partial charge on any atom is -0.310 e. The van der Waals surface area contributed by atoms with Crippen molar-refractivity contribution in [1.29, 1.82) is 0 Å². The number of nitrogens with one attached hydrogen (secondary N) is 1. The quantitative estimate of drug-likeness (QED) is 0.800. The topological polar surface area (TPSA) is 24.9 Å². The van der Waals surface area contributed by atoms with Crippen LogP contribution in [0.5, 0.6) is 0 Å². The third kappa shape index (κ3) is 2.90. The molecule has 0 spiro atoms. The van der Waals surface area contributed by atoms with E-state index in [1.165, 1.54) is 10.4 Å². The van der Waals surface area contributed by atoms with Gasteiger partial charge in [-0.2, -0.15) is 0 Å². The Balaban J connectivity index is 2.02. The molecule has 0 fully saturated rings. The van der Waals surface area contributed by atoms with Gasteiger partial charge in [-0.05, 0) is 18.5 Å². The van der Waals surface area contributed by atoms with Gasteiger partial charge in [-0.3, -0.25) is 0 Å². The molecule has 0 aliphatic rings. The Morgan fingerprint density at radius 2 is 2.06 bits per heavy atom. The lowest BCUT2D eigenvalue weighted by atomic mass is 10.2. The normalized spacial score (nSPS) is 10.6. The summed E-state index contributed by atoms with van der Waals surface area (Å²) in [6.45, 7) is 4.11. The highest BCUT2D eigenvalue weighted by atomic mass is 32.1. The maximum absolute atomic E-state index is 4.42. The van der Waals surface area contributed by atoms with Crippen LogP contribution < -0.4 is 5.32 Å². The Hall–Kier alpha value is -1.19. The van der Waals surface area contributed by atoms with Gasteiger partial charge in [0.15, 0.2) is 0 Å². The number of hydrogen-bond acceptors (Lipinski definition) is 3. The molecule has 3 heteroatoms. The van der Waals surface area contributed by atoms with Gasteiger partial charge >= 0.3 is 0 Å². The number of rotatable bonds is 5. The van der Waals surface area contributed by atoms with Crippen molar-refractivity contribution in [3.05, 3.63) is 41.5 Å². The lowest BCUT2D eigenvalue weighted by molar-refractivity contribution is 0.673.